The molecule has 1 heterocycles. The van der Waals surface area contributed by atoms with Gasteiger partial charge in [-0.1, -0.05) is 31.5 Å². The number of sulfonamides is 1. The van der Waals surface area contributed by atoms with Gasteiger partial charge in [0.15, 0.2) is 0 Å². The Bertz CT molecular complexity index is 944. The minimum Gasteiger partial charge on any atom is -0.494 e. The summed E-state index contributed by atoms with van der Waals surface area (Å²) in [5.41, 5.74) is 0.765. The van der Waals surface area contributed by atoms with E-state index in [-0.39, 0.29) is 11.4 Å². The SMILES string of the molecule is CCCCN(Cc1cc2ccccc2o1)S(=O)(=O)c1ccc(OCC)cc1. The number of ether oxygens (including phenoxy) is 1. The van der Waals surface area contributed by atoms with E-state index in [1.807, 2.05) is 44.2 Å². The maximum absolute atomic E-state index is 13.2. The molecule has 0 amide bonds. The first kappa shape index (κ1) is 19.5. The van der Waals surface area contributed by atoms with E-state index in [2.05, 4.69) is 0 Å². The fourth-order valence-electron chi connectivity index (χ4n) is 2.93. The number of fused-ring (bicyclic) bond motifs is 1. The molecule has 0 radical (unpaired) electrons. The lowest BCUT2D eigenvalue weighted by molar-refractivity contribution is 0.340. The molecule has 27 heavy (non-hydrogen) atoms. The van der Waals surface area contributed by atoms with Crippen molar-refractivity contribution in [2.45, 2.75) is 38.1 Å². The lowest BCUT2D eigenvalue weighted by Gasteiger charge is -2.21. The highest BCUT2D eigenvalue weighted by atomic mass is 32.2. The minimum absolute atomic E-state index is 0.213. The number of rotatable bonds is 9. The molecule has 0 saturated heterocycles. The van der Waals surface area contributed by atoms with Crippen molar-refractivity contribution in [3.8, 4) is 5.75 Å². The third kappa shape index (κ3) is 4.51. The molecule has 144 valence electrons. The molecule has 0 bridgehead atoms. The van der Waals surface area contributed by atoms with E-state index < -0.39 is 10.0 Å². The van der Waals surface area contributed by atoms with Crippen LogP contribution in [-0.2, 0) is 16.6 Å². The van der Waals surface area contributed by atoms with Crippen LogP contribution >= 0.6 is 0 Å². The maximum Gasteiger partial charge on any atom is 0.243 e. The van der Waals surface area contributed by atoms with Crippen LogP contribution in [0.25, 0.3) is 11.0 Å². The number of hydrogen-bond acceptors (Lipinski definition) is 4. The highest BCUT2D eigenvalue weighted by molar-refractivity contribution is 7.89. The monoisotopic (exact) mass is 387 g/mol. The smallest absolute Gasteiger partial charge is 0.243 e. The molecule has 1 aromatic heterocycles. The molecular formula is C21H25NO4S. The predicted octanol–water partition coefficient (Wildman–Crippen LogP) is 4.82. The molecule has 0 saturated carbocycles. The standard InChI is InChI=1S/C21H25NO4S/c1-3-5-14-22(16-19-15-17-8-6-7-9-21(17)26-19)27(23,24)20-12-10-18(11-13-20)25-4-2/h6-13,15H,3-5,14,16H2,1-2H3. The largest absolute Gasteiger partial charge is 0.494 e. The first-order valence-electron chi connectivity index (χ1n) is 9.25. The molecule has 2 aromatic carbocycles. The lowest BCUT2D eigenvalue weighted by atomic mass is 10.2. The van der Waals surface area contributed by atoms with Gasteiger partial charge in [0.1, 0.15) is 17.1 Å². The van der Waals surface area contributed by atoms with Crippen LogP contribution in [0.1, 0.15) is 32.4 Å². The van der Waals surface area contributed by atoms with Crippen LogP contribution in [-0.4, -0.2) is 25.9 Å². The van der Waals surface area contributed by atoms with Gasteiger partial charge in [0, 0.05) is 11.9 Å². The van der Waals surface area contributed by atoms with E-state index >= 15 is 0 Å². The van der Waals surface area contributed by atoms with Crippen LogP contribution < -0.4 is 4.74 Å². The fraction of sp³-hybridized carbons (Fsp3) is 0.333. The molecule has 0 atom stereocenters. The average Bonchev–Trinajstić information content (AvgIpc) is 3.08. The Morgan fingerprint density at radius 2 is 1.78 bits per heavy atom. The van der Waals surface area contributed by atoms with Crippen LogP contribution in [0, 0.1) is 0 Å². The second-order valence-corrected chi connectivity index (χ2v) is 8.29. The zero-order chi connectivity index (χ0) is 19.3. The van der Waals surface area contributed by atoms with E-state index in [0.29, 0.717) is 24.7 Å². The number of unbranched alkanes of at least 4 members (excludes halogenated alkanes) is 1. The van der Waals surface area contributed by atoms with Crippen molar-refractivity contribution >= 4 is 21.0 Å². The number of furan rings is 1. The molecule has 0 fully saturated rings. The predicted molar refractivity (Wildman–Crippen MR) is 106 cm³/mol. The highest BCUT2D eigenvalue weighted by Gasteiger charge is 2.25. The van der Waals surface area contributed by atoms with Crippen LogP contribution in [0.3, 0.4) is 0 Å². The van der Waals surface area contributed by atoms with Crippen molar-refractivity contribution in [2.75, 3.05) is 13.2 Å². The van der Waals surface area contributed by atoms with E-state index in [1.165, 1.54) is 4.31 Å². The molecule has 0 spiro atoms. The molecule has 0 aliphatic rings. The summed E-state index contributed by atoms with van der Waals surface area (Å²) in [7, 11) is -3.62. The molecule has 6 heteroatoms. The third-order valence-electron chi connectivity index (χ3n) is 4.34. The van der Waals surface area contributed by atoms with Crippen LogP contribution in [0.15, 0.2) is 63.9 Å². The van der Waals surface area contributed by atoms with Gasteiger partial charge in [0.2, 0.25) is 10.0 Å². The first-order valence-corrected chi connectivity index (χ1v) is 10.7. The molecule has 5 nitrogen and oxygen atoms in total. The fourth-order valence-corrected chi connectivity index (χ4v) is 4.38. The molecule has 3 rings (SSSR count). The Morgan fingerprint density at radius 1 is 1.04 bits per heavy atom. The third-order valence-corrected chi connectivity index (χ3v) is 6.20. The Labute approximate surface area is 160 Å². The topological polar surface area (TPSA) is 59.8 Å². The number of nitrogens with zero attached hydrogens (tertiary/aromatic N) is 1. The van der Waals surface area contributed by atoms with Crippen molar-refractivity contribution in [2.24, 2.45) is 0 Å². The average molecular weight is 388 g/mol. The quantitative estimate of drug-likeness (QED) is 0.528. The summed E-state index contributed by atoms with van der Waals surface area (Å²) in [6.07, 6.45) is 1.70. The van der Waals surface area contributed by atoms with Gasteiger partial charge in [-0.3, -0.25) is 0 Å². The molecule has 0 aliphatic carbocycles. The van der Waals surface area contributed by atoms with Crippen LogP contribution in [0.2, 0.25) is 0 Å². The molecule has 3 aromatic rings. The zero-order valence-corrected chi connectivity index (χ0v) is 16.5. The van der Waals surface area contributed by atoms with Gasteiger partial charge in [0.25, 0.3) is 0 Å². The van der Waals surface area contributed by atoms with Crippen molar-refractivity contribution in [3.63, 3.8) is 0 Å². The number of benzene rings is 2. The summed E-state index contributed by atoms with van der Waals surface area (Å²) in [4.78, 5) is 0.262. The van der Waals surface area contributed by atoms with Gasteiger partial charge >= 0.3 is 0 Å². The Kier molecular flexibility index (Phi) is 6.19. The van der Waals surface area contributed by atoms with Gasteiger partial charge in [0.05, 0.1) is 18.0 Å². The summed E-state index contributed by atoms with van der Waals surface area (Å²) in [6.45, 7) is 5.14. The minimum atomic E-state index is -3.62. The zero-order valence-electron chi connectivity index (χ0n) is 15.7. The summed E-state index contributed by atoms with van der Waals surface area (Å²) in [5.74, 6) is 1.30. The highest BCUT2D eigenvalue weighted by Crippen LogP contribution is 2.25. The second-order valence-electron chi connectivity index (χ2n) is 6.35. The Morgan fingerprint density at radius 3 is 2.44 bits per heavy atom. The van der Waals surface area contributed by atoms with E-state index in [1.54, 1.807) is 24.3 Å². The van der Waals surface area contributed by atoms with Gasteiger partial charge in [-0.2, -0.15) is 4.31 Å². The molecule has 0 aliphatic heterocycles. The normalized spacial score (nSPS) is 12.0. The van der Waals surface area contributed by atoms with E-state index in [4.69, 9.17) is 9.15 Å². The van der Waals surface area contributed by atoms with Crippen molar-refractivity contribution < 1.29 is 17.6 Å². The summed E-state index contributed by atoms with van der Waals surface area (Å²) >= 11 is 0. The van der Waals surface area contributed by atoms with Crippen LogP contribution in [0.4, 0.5) is 0 Å². The lowest BCUT2D eigenvalue weighted by Crippen LogP contribution is -2.31. The van der Waals surface area contributed by atoms with E-state index in [9.17, 15) is 8.42 Å². The molecule has 0 unspecified atom stereocenters. The Balaban J connectivity index is 1.87. The maximum atomic E-state index is 13.2. The summed E-state index contributed by atoms with van der Waals surface area (Å²) < 4.78 is 39.1. The second kappa shape index (κ2) is 8.59. The van der Waals surface area contributed by atoms with Gasteiger partial charge in [-0.15, -0.1) is 0 Å². The van der Waals surface area contributed by atoms with Crippen molar-refractivity contribution in [1.82, 2.24) is 4.31 Å². The van der Waals surface area contributed by atoms with Gasteiger partial charge in [-0.25, -0.2) is 8.42 Å². The van der Waals surface area contributed by atoms with E-state index in [0.717, 1.165) is 23.8 Å². The first-order chi connectivity index (χ1) is 13.0. The van der Waals surface area contributed by atoms with Crippen LogP contribution in [0.5, 0.6) is 5.75 Å². The molecule has 0 N–H and O–H groups in total. The number of para-hydroxylation sites is 1. The Hall–Kier alpha value is -2.31. The van der Waals surface area contributed by atoms with Gasteiger partial charge in [-0.05, 0) is 49.7 Å². The summed E-state index contributed by atoms with van der Waals surface area (Å²) in [5, 5.41) is 0.974. The van der Waals surface area contributed by atoms with Crippen molar-refractivity contribution in [3.05, 3.63) is 60.4 Å². The van der Waals surface area contributed by atoms with Crippen molar-refractivity contribution in [1.29, 1.82) is 0 Å². The molecular weight excluding hydrogens is 362 g/mol. The summed E-state index contributed by atoms with van der Waals surface area (Å²) in [6, 6.07) is 16.2. The number of hydrogen-bond donors (Lipinski definition) is 0. The van der Waals surface area contributed by atoms with Gasteiger partial charge < -0.3 is 9.15 Å².